The van der Waals surface area contributed by atoms with Crippen molar-refractivity contribution in [3.8, 4) is 5.88 Å². The summed E-state index contributed by atoms with van der Waals surface area (Å²) in [6.45, 7) is 1.87. The zero-order chi connectivity index (χ0) is 21.9. The number of aromatic nitrogens is 3. The highest BCUT2D eigenvalue weighted by molar-refractivity contribution is 5.87. The van der Waals surface area contributed by atoms with Crippen LogP contribution < -0.4 is 15.4 Å². The predicted octanol–water partition coefficient (Wildman–Crippen LogP) is 4.06. The molecule has 2 aliphatic rings. The Morgan fingerprint density at radius 2 is 1.84 bits per heavy atom. The van der Waals surface area contributed by atoms with Crippen molar-refractivity contribution < 1.29 is 14.2 Å². The van der Waals surface area contributed by atoms with E-state index >= 15 is 0 Å². The third kappa shape index (κ3) is 4.66. The number of piperidine rings is 1. The highest BCUT2D eigenvalue weighted by Gasteiger charge is 2.25. The van der Waals surface area contributed by atoms with E-state index in [4.69, 9.17) is 9.72 Å². The largest absolute Gasteiger partial charge is 0.474 e. The zero-order valence-corrected chi connectivity index (χ0v) is 17.9. The molecule has 0 amide bonds. The summed E-state index contributed by atoms with van der Waals surface area (Å²) in [5.41, 5.74) is 2.44. The van der Waals surface area contributed by atoms with E-state index in [1.54, 1.807) is 18.3 Å². The molecule has 168 valence electrons. The van der Waals surface area contributed by atoms with Gasteiger partial charge in [0.25, 0.3) is 0 Å². The lowest BCUT2D eigenvalue weighted by molar-refractivity contribution is 0.122. The first-order valence-corrected chi connectivity index (χ1v) is 11.4. The second-order valence-electron chi connectivity index (χ2n) is 8.68. The molecular formula is C24H28FN5O2. The second-order valence-corrected chi connectivity index (χ2v) is 8.68. The fourth-order valence-corrected chi connectivity index (χ4v) is 4.62. The third-order valence-electron chi connectivity index (χ3n) is 6.40. The van der Waals surface area contributed by atoms with Gasteiger partial charge in [-0.3, -0.25) is 0 Å². The third-order valence-corrected chi connectivity index (χ3v) is 6.40. The molecule has 2 aromatic heterocycles. The lowest BCUT2D eigenvalue weighted by atomic mass is 9.83. The van der Waals surface area contributed by atoms with Crippen molar-refractivity contribution in [2.24, 2.45) is 0 Å². The van der Waals surface area contributed by atoms with E-state index in [0.29, 0.717) is 17.5 Å². The molecule has 1 saturated carbocycles. The fraction of sp³-hybridized carbons (Fsp3) is 0.458. The molecule has 3 N–H and O–H groups in total. The molecule has 32 heavy (non-hydrogen) atoms. The molecule has 2 fully saturated rings. The summed E-state index contributed by atoms with van der Waals surface area (Å²) in [5.74, 6) is 0.917. The number of hydrogen-bond acceptors (Lipinski definition) is 7. The molecule has 5 rings (SSSR count). The highest BCUT2D eigenvalue weighted by Crippen LogP contribution is 2.38. The van der Waals surface area contributed by atoms with Crippen molar-refractivity contribution in [1.82, 2.24) is 20.3 Å². The van der Waals surface area contributed by atoms with Crippen LogP contribution in [0.5, 0.6) is 5.88 Å². The minimum atomic E-state index is -0.320. The van der Waals surface area contributed by atoms with Gasteiger partial charge in [0, 0.05) is 23.6 Å². The molecule has 0 spiro atoms. The Kier molecular flexibility index (Phi) is 6.14. The molecule has 8 heteroatoms. The molecule has 0 radical (unpaired) electrons. The monoisotopic (exact) mass is 437 g/mol. The van der Waals surface area contributed by atoms with Gasteiger partial charge in [-0.1, -0.05) is 6.07 Å². The van der Waals surface area contributed by atoms with E-state index < -0.39 is 0 Å². The average Bonchev–Trinajstić information content (AvgIpc) is 2.81. The van der Waals surface area contributed by atoms with Crippen molar-refractivity contribution in [2.75, 3.05) is 18.4 Å². The minimum Gasteiger partial charge on any atom is -0.474 e. The van der Waals surface area contributed by atoms with E-state index in [2.05, 4.69) is 20.6 Å². The highest BCUT2D eigenvalue weighted by atomic mass is 19.1. The quantitative estimate of drug-likeness (QED) is 0.554. The first kappa shape index (κ1) is 21.0. The number of fused-ring (bicyclic) bond motifs is 1. The summed E-state index contributed by atoms with van der Waals surface area (Å²) >= 11 is 0. The molecule has 3 heterocycles. The number of aliphatic hydroxyl groups excluding tert-OH is 1. The van der Waals surface area contributed by atoms with Gasteiger partial charge >= 0.3 is 0 Å². The van der Waals surface area contributed by atoms with Crippen LogP contribution in [0.3, 0.4) is 0 Å². The van der Waals surface area contributed by atoms with Gasteiger partial charge in [-0.15, -0.1) is 0 Å². The number of ether oxygens (including phenoxy) is 1. The van der Waals surface area contributed by atoms with E-state index in [0.717, 1.165) is 68.1 Å². The number of pyridine rings is 1. The first-order valence-electron chi connectivity index (χ1n) is 11.4. The van der Waals surface area contributed by atoms with Gasteiger partial charge in [-0.2, -0.15) is 0 Å². The standard InChI is InChI=1S/C24H28FN5O2/c25-16-2-1-3-17(12-16)29-24-28-14-21-22(30-24)20(15-4-6-18(31)7-5-15)13-27-23(21)32-19-8-10-26-11-9-19/h1-3,12-15,18-19,26,31H,4-11H2,(H,28,29,30)/t15-,18-. The van der Waals surface area contributed by atoms with Crippen molar-refractivity contribution in [1.29, 1.82) is 0 Å². The summed E-state index contributed by atoms with van der Waals surface area (Å²) < 4.78 is 19.9. The number of nitrogens with zero attached hydrogens (tertiary/aromatic N) is 3. The lowest BCUT2D eigenvalue weighted by Gasteiger charge is -2.27. The molecule has 1 aliphatic heterocycles. The maximum absolute atomic E-state index is 13.6. The number of aliphatic hydroxyl groups is 1. The number of benzene rings is 1. The molecule has 1 aromatic carbocycles. The van der Waals surface area contributed by atoms with Crippen molar-refractivity contribution in [3.63, 3.8) is 0 Å². The lowest BCUT2D eigenvalue weighted by Crippen LogP contribution is -2.34. The Balaban J connectivity index is 1.51. The number of nitrogens with one attached hydrogen (secondary N) is 2. The molecular weight excluding hydrogens is 409 g/mol. The topological polar surface area (TPSA) is 92.2 Å². The van der Waals surface area contributed by atoms with Crippen LogP contribution in [0.25, 0.3) is 10.9 Å². The Hall–Kier alpha value is -2.84. The Bertz CT molecular complexity index is 1080. The first-order chi connectivity index (χ1) is 15.7. The SMILES string of the molecule is O[C@H]1CC[C@H](c2cnc(OC3CCNCC3)c3cnc(Nc4cccc(F)c4)nc32)CC1. The normalized spacial score (nSPS) is 22.1. The van der Waals surface area contributed by atoms with Gasteiger partial charge in [-0.25, -0.2) is 19.3 Å². The van der Waals surface area contributed by atoms with Crippen LogP contribution in [0, 0.1) is 5.82 Å². The number of anilines is 2. The predicted molar refractivity (Wildman–Crippen MR) is 121 cm³/mol. The van der Waals surface area contributed by atoms with Gasteiger partial charge in [-0.05, 0) is 75.7 Å². The molecule has 7 nitrogen and oxygen atoms in total. The average molecular weight is 438 g/mol. The molecule has 0 unspecified atom stereocenters. The molecule has 1 saturated heterocycles. The van der Waals surface area contributed by atoms with Crippen LogP contribution in [-0.4, -0.2) is 45.4 Å². The van der Waals surface area contributed by atoms with Crippen LogP contribution in [0.2, 0.25) is 0 Å². The fourth-order valence-electron chi connectivity index (χ4n) is 4.62. The Labute approximate surface area is 186 Å². The summed E-state index contributed by atoms with van der Waals surface area (Å²) in [4.78, 5) is 13.9. The van der Waals surface area contributed by atoms with Crippen LogP contribution >= 0.6 is 0 Å². The van der Waals surface area contributed by atoms with E-state index in [1.165, 1.54) is 12.1 Å². The van der Waals surface area contributed by atoms with E-state index in [1.807, 2.05) is 6.20 Å². The Morgan fingerprint density at radius 3 is 2.62 bits per heavy atom. The van der Waals surface area contributed by atoms with Crippen LogP contribution in [-0.2, 0) is 0 Å². The Morgan fingerprint density at radius 1 is 1.03 bits per heavy atom. The van der Waals surface area contributed by atoms with Crippen LogP contribution in [0.15, 0.2) is 36.7 Å². The molecule has 3 aromatic rings. The van der Waals surface area contributed by atoms with Crippen LogP contribution in [0.4, 0.5) is 16.0 Å². The van der Waals surface area contributed by atoms with Gasteiger partial charge in [0.05, 0.1) is 17.0 Å². The zero-order valence-electron chi connectivity index (χ0n) is 17.9. The van der Waals surface area contributed by atoms with Gasteiger partial charge in [0.15, 0.2) is 0 Å². The molecule has 0 atom stereocenters. The van der Waals surface area contributed by atoms with E-state index in [9.17, 15) is 9.50 Å². The van der Waals surface area contributed by atoms with Gasteiger partial charge in [0.1, 0.15) is 11.9 Å². The molecule has 0 bridgehead atoms. The summed E-state index contributed by atoms with van der Waals surface area (Å²) in [7, 11) is 0. The maximum Gasteiger partial charge on any atom is 0.227 e. The summed E-state index contributed by atoms with van der Waals surface area (Å²) in [6.07, 6.45) is 8.72. The van der Waals surface area contributed by atoms with Gasteiger partial charge < -0.3 is 20.5 Å². The van der Waals surface area contributed by atoms with Crippen LogP contribution in [0.1, 0.15) is 50.0 Å². The second kappa shape index (κ2) is 9.34. The number of hydrogen-bond donors (Lipinski definition) is 3. The number of halogens is 1. The molecule has 1 aliphatic carbocycles. The van der Waals surface area contributed by atoms with E-state index in [-0.39, 0.29) is 23.9 Å². The smallest absolute Gasteiger partial charge is 0.227 e. The number of rotatable bonds is 5. The van der Waals surface area contributed by atoms with Crippen molar-refractivity contribution in [3.05, 3.63) is 48.0 Å². The minimum absolute atomic E-state index is 0.118. The van der Waals surface area contributed by atoms with Crippen molar-refractivity contribution in [2.45, 2.75) is 56.7 Å². The van der Waals surface area contributed by atoms with Crippen molar-refractivity contribution >= 4 is 22.5 Å². The summed E-state index contributed by atoms with van der Waals surface area (Å²) in [6, 6.07) is 6.23. The van der Waals surface area contributed by atoms with Gasteiger partial charge in [0.2, 0.25) is 11.8 Å². The maximum atomic E-state index is 13.6. The summed E-state index contributed by atoms with van der Waals surface area (Å²) in [5, 5.41) is 17.2.